The second-order valence-corrected chi connectivity index (χ2v) is 10.3. The molecule has 0 aliphatic heterocycles. The van der Waals surface area contributed by atoms with Crippen molar-refractivity contribution in [2.75, 3.05) is 39.3 Å². The van der Waals surface area contributed by atoms with Crippen LogP contribution in [0.1, 0.15) is 72.3 Å². The molecule has 42 heavy (non-hydrogen) atoms. The lowest BCUT2D eigenvalue weighted by molar-refractivity contribution is -0.116. The van der Waals surface area contributed by atoms with E-state index in [9.17, 15) is 10.1 Å². The molecule has 1 aromatic heterocycles. The Labute approximate surface area is 250 Å². The van der Waals surface area contributed by atoms with Crippen LogP contribution in [0.2, 0.25) is 0 Å². The molecule has 1 saturated carbocycles. The van der Waals surface area contributed by atoms with Gasteiger partial charge in [0.05, 0.1) is 19.3 Å². The Morgan fingerprint density at radius 2 is 1.76 bits per heavy atom. The lowest BCUT2D eigenvalue weighted by Crippen LogP contribution is -2.54. The number of carbonyl (C=O) groups excluding carboxylic acids is 1. The van der Waals surface area contributed by atoms with E-state index < -0.39 is 0 Å². The van der Waals surface area contributed by atoms with Gasteiger partial charge in [-0.3, -0.25) is 4.79 Å². The third-order valence-electron chi connectivity index (χ3n) is 7.90. The van der Waals surface area contributed by atoms with E-state index in [4.69, 9.17) is 14.2 Å². The first-order chi connectivity index (χ1) is 20.3. The number of nitriles is 1. The molecule has 1 fully saturated rings. The fourth-order valence-electron chi connectivity index (χ4n) is 5.89. The summed E-state index contributed by atoms with van der Waals surface area (Å²) < 4.78 is 19.3. The maximum Gasteiger partial charge on any atom is 0.243 e. The number of methoxy groups -OCH3 is 3. The molecule has 8 heteroatoms. The van der Waals surface area contributed by atoms with Gasteiger partial charge in [0.15, 0.2) is 5.69 Å². The minimum Gasteiger partial charge on any atom is -0.496 e. The molecule has 0 radical (unpaired) electrons. The Morgan fingerprint density at radius 1 is 1.12 bits per heavy atom. The summed E-state index contributed by atoms with van der Waals surface area (Å²) in [5, 5.41) is 13.9. The van der Waals surface area contributed by atoms with E-state index in [0.29, 0.717) is 5.56 Å². The molecule has 3 aromatic rings. The van der Waals surface area contributed by atoms with Crippen LogP contribution in [-0.2, 0) is 22.3 Å². The van der Waals surface area contributed by atoms with Crippen LogP contribution in [0.5, 0.6) is 5.75 Å². The molecular weight excluding hydrogens is 528 g/mol. The Kier molecular flexibility index (Phi) is 11.9. The van der Waals surface area contributed by atoms with Gasteiger partial charge in [0.1, 0.15) is 11.8 Å². The number of anilines is 1. The van der Waals surface area contributed by atoms with Crippen LogP contribution in [0.3, 0.4) is 0 Å². The predicted molar refractivity (Wildman–Crippen MR) is 167 cm³/mol. The standard InChI is InChI=1S/C31H38N4O4.C3H6/c1-7-22-16-23(34(8-2)15-14-21-12-10-9-11-13-21)17-26(37-4)27(22)29-30(38-5)28(31(29)39-6)24-19-35(20(3)36)33-25(24)18-32;1-3-2/h9-13,16-17,19,28-31H,7-8,14-15H2,1-6H3;3H,1H2,2H3. The van der Waals surface area contributed by atoms with Crippen LogP contribution in [-0.4, -0.2) is 62.3 Å². The molecule has 8 nitrogen and oxygen atoms in total. The van der Waals surface area contributed by atoms with Gasteiger partial charge in [-0.05, 0) is 43.9 Å². The molecule has 0 amide bonds. The summed E-state index contributed by atoms with van der Waals surface area (Å²) in [5.41, 5.74) is 5.55. The highest BCUT2D eigenvalue weighted by molar-refractivity contribution is 5.75. The van der Waals surface area contributed by atoms with Crippen molar-refractivity contribution < 1.29 is 19.0 Å². The Bertz CT molecular complexity index is 1340. The summed E-state index contributed by atoms with van der Waals surface area (Å²) in [6.07, 6.45) is 4.59. The molecule has 0 spiro atoms. The molecule has 2 aromatic carbocycles. The number of hydrogen-bond donors (Lipinski definition) is 0. The normalized spacial score (nSPS) is 19.1. The van der Waals surface area contributed by atoms with Crippen molar-refractivity contribution in [2.45, 2.75) is 64.6 Å². The average molecular weight is 573 g/mol. The second-order valence-electron chi connectivity index (χ2n) is 10.3. The van der Waals surface area contributed by atoms with Crippen molar-refractivity contribution in [1.29, 1.82) is 5.26 Å². The minimum absolute atomic E-state index is 0.115. The van der Waals surface area contributed by atoms with Crippen LogP contribution in [0.25, 0.3) is 0 Å². The van der Waals surface area contributed by atoms with E-state index in [1.807, 2.05) is 13.0 Å². The highest BCUT2D eigenvalue weighted by Crippen LogP contribution is 2.55. The zero-order chi connectivity index (χ0) is 30.8. The smallest absolute Gasteiger partial charge is 0.243 e. The molecular formula is C34H44N4O4. The van der Waals surface area contributed by atoms with Crippen LogP contribution in [0.15, 0.2) is 61.3 Å². The molecule has 2 atom stereocenters. The quantitative estimate of drug-likeness (QED) is 0.254. The summed E-state index contributed by atoms with van der Waals surface area (Å²) in [6.45, 7) is 12.8. The lowest BCUT2D eigenvalue weighted by atomic mass is 9.62. The molecule has 4 rings (SSSR count). The summed E-state index contributed by atoms with van der Waals surface area (Å²) in [5.74, 6) is 0.181. The number of aryl methyl sites for hydroxylation is 1. The van der Waals surface area contributed by atoms with Gasteiger partial charge in [0.25, 0.3) is 0 Å². The summed E-state index contributed by atoms with van der Waals surface area (Å²) >= 11 is 0. The molecule has 0 N–H and O–H groups in total. The summed E-state index contributed by atoms with van der Waals surface area (Å²) in [7, 11) is 5.05. The third kappa shape index (κ3) is 6.75. The van der Waals surface area contributed by atoms with Gasteiger partial charge in [-0.25, -0.2) is 4.68 Å². The first kappa shape index (κ1) is 32.6. The molecule has 224 valence electrons. The summed E-state index contributed by atoms with van der Waals surface area (Å²) in [6, 6.07) is 17.0. The zero-order valence-electron chi connectivity index (χ0n) is 26.0. The summed E-state index contributed by atoms with van der Waals surface area (Å²) in [4.78, 5) is 14.3. The average Bonchev–Trinajstić information content (AvgIpc) is 3.42. The van der Waals surface area contributed by atoms with E-state index in [-0.39, 0.29) is 35.6 Å². The maximum absolute atomic E-state index is 12.0. The lowest BCUT2D eigenvalue weighted by Gasteiger charge is -2.51. The monoisotopic (exact) mass is 572 g/mol. The third-order valence-corrected chi connectivity index (χ3v) is 7.90. The van der Waals surface area contributed by atoms with Crippen molar-refractivity contribution in [3.05, 3.63) is 89.3 Å². The number of allylic oxidation sites excluding steroid dienone is 1. The van der Waals surface area contributed by atoms with Gasteiger partial charge in [0, 0.05) is 75.1 Å². The van der Waals surface area contributed by atoms with Crippen LogP contribution in [0.4, 0.5) is 5.69 Å². The number of carbonyl (C=O) groups is 1. The van der Waals surface area contributed by atoms with Gasteiger partial charge < -0.3 is 19.1 Å². The van der Waals surface area contributed by atoms with Gasteiger partial charge in [-0.15, -0.1) is 6.58 Å². The SMILES string of the molecule is C=CC.CCc1cc(N(CC)CCc2ccccc2)cc(OC)c1C1C(OC)C(c2cn(C(C)=O)nc2C#N)C1OC. The largest absolute Gasteiger partial charge is 0.496 e. The van der Waals surface area contributed by atoms with Gasteiger partial charge in [-0.1, -0.05) is 43.3 Å². The van der Waals surface area contributed by atoms with Gasteiger partial charge >= 0.3 is 0 Å². The van der Waals surface area contributed by atoms with E-state index >= 15 is 0 Å². The number of nitrogens with zero attached hydrogens (tertiary/aromatic N) is 4. The second kappa shape index (κ2) is 15.3. The maximum atomic E-state index is 12.0. The number of benzene rings is 2. The van der Waals surface area contributed by atoms with E-state index in [1.165, 1.54) is 22.7 Å². The first-order valence-electron chi connectivity index (χ1n) is 14.5. The molecule has 1 aliphatic carbocycles. The first-order valence-corrected chi connectivity index (χ1v) is 14.5. The van der Waals surface area contributed by atoms with Crippen molar-refractivity contribution >= 4 is 11.6 Å². The van der Waals surface area contributed by atoms with E-state index in [2.05, 4.69) is 72.9 Å². The fraction of sp³-hybridized carbons (Fsp3) is 0.441. The Balaban J connectivity index is 0.00000155. The molecule has 2 unspecified atom stereocenters. The molecule has 1 aliphatic rings. The molecule has 0 bridgehead atoms. The van der Waals surface area contributed by atoms with E-state index in [1.54, 1.807) is 33.6 Å². The topological polar surface area (TPSA) is 89.6 Å². The van der Waals surface area contributed by atoms with Crippen molar-refractivity contribution in [3.63, 3.8) is 0 Å². The number of ether oxygens (including phenoxy) is 3. The number of hydrogen-bond acceptors (Lipinski definition) is 7. The number of aromatic nitrogens is 2. The Hall–Kier alpha value is -3.93. The van der Waals surface area contributed by atoms with Crippen LogP contribution in [0, 0.1) is 11.3 Å². The van der Waals surface area contributed by atoms with Crippen LogP contribution < -0.4 is 9.64 Å². The zero-order valence-corrected chi connectivity index (χ0v) is 26.0. The van der Waals surface area contributed by atoms with Gasteiger partial charge in [-0.2, -0.15) is 10.4 Å². The number of rotatable bonds is 11. The molecule has 1 heterocycles. The van der Waals surface area contributed by atoms with Crippen molar-refractivity contribution in [2.24, 2.45) is 0 Å². The van der Waals surface area contributed by atoms with Crippen molar-refractivity contribution in [1.82, 2.24) is 9.78 Å². The highest BCUT2D eigenvalue weighted by atomic mass is 16.5. The van der Waals surface area contributed by atoms with E-state index in [0.717, 1.165) is 42.9 Å². The van der Waals surface area contributed by atoms with Crippen LogP contribution >= 0.6 is 0 Å². The molecule has 0 saturated heterocycles. The number of likely N-dealkylation sites (N-methyl/N-ethyl adjacent to an activating group) is 1. The Morgan fingerprint density at radius 3 is 2.26 bits per heavy atom. The predicted octanol–water partition coefficient (Wildman–Crippen LogP) is 6.16. The minimum atomic E-state index is -0.280. The fourth-order valence-corrected chi connectivity index (χ4v) is 5.89. The highest BCUT2D eigenvalue weighted by Gasteiger charge is 2.55. The van der Waals surface area contributed by atoms with Gasteiger partial charge in [0.2, 0.25) is 5.91 Å². The van der Waals surface area contributed by atoms with Crippen molar-refractivity contribution in [3.8, 4) is 11.8 Å².